The highest BCUT2D eigenvalue weighted by Crippen LogP contribution is 2.42. The van der Waals surface area contributed by atoms with Crippen LogP contribution in [0.2, 0.25) is 10.0 Å². The van der Waals surface area contributed by atoms with Gasteiger partial charge in [-0.15, -0.1) is 22.7 Å². The van der Waals surface area contributed by atoms with Crippen LogP contribution in [0.25, 0.3) is 33.0 Å². The Morgan fingerprint density at radius 3 is 1.49 bits per heavy atom. The summed E-state index contributed by atoms with van der Waals surface area (Å²) in [6, 6.07) is 22.1. The summed E-state index contributed by atoms with van der Waals surface area (Å²) >= 11 is 20.4. The first-order valence-corrected chi connectivity index (χ1v) is 23.9. The van der Waals surface area contributed by atoms with Gasteiger partial charge in [-0.25, -0.2) is 9.97 Å². The van der Waals surface area contributed by atoms with Gasteiger partial charge in [0.15, 0.2) is 11.6 Å². The Hall–Kier alpha value is -6.69. The number of anilines is 2. The number of amides is 3. The number of nitrogens with one attached hydrogen (secondary N) is 3. The number of thiophene rings is 2. The summed E-state index contributed by atoms with van der Waals surface area (Å²) in [5.74, 6) is 1.57. The van der Waals surface area contributed by atoms with E-state index in [0.717, 1.165) is 43.1 Å². The molecule has 19 heteroatoms. The molecule has 0 fully saturated rings. The number of halogens is 3. The van der Waals surface area contributed by atoms with Crippen molar-refractivity contribution in [2.24, 2.45) is 0 Å². The van der Waals surface area contributed by atoms with Crippen molar-refractivity contribution in [3.05, 3.63) is 139 Å². The van der Waals surface area contributed by atoms with Gasteiger partial charge in [-0.3, -0.25) is 28.8 Å². The third-order valence-electron chi connectivity index (χ3n) is 9.94. The number of nitrogens with zero attached hydrogens (tertiary/aromatic N) is 2. The topological polar surface area (TPSA) is 209 Å². The lowest BCUT2D eigenvalue weighted by molar-refractivity contribution is -0.117. The van der Waals surface area contributed by atoms with Gasteiger partial charge in [-0.1, -0.05) is 23.2 Å². The molecule has 6 aromatic rings. The number of ether oxygens (including phenoxy) is 2. The number of rotatable bonds is 13. The number of hydrogen-bond donors (Lipinski definition) is 4. The SMILES string of the molecule is CC(=O)Cl.CC(=O)Nc1ccc(/C=C/C(=O)NCC2Cc3cc(-c4ccc(C(C)=O)s4)cc(Cl)c3O2)cn1.CC(=O)c1ccc(-c2cc(Cl)c3c(c2)CC(CNC(=O)/C=C/c2ccc(N)nc2)O3)s1. The molecule has 2 aliphatic rings. The van der Waals surface area contributed by atoms with Crippen LogP contribution in [-0.4, -0.2) is 69.8 Å². The number of pyridine rings is 2. The smallest absolute Gasteiger partial charge is 0.244 e. The van der Waals surface area contributed by atoms with Crippen LogP contribution in [0, 0.1) is 0 Å². The van der Waals surface area contributed by atoms with E-state index >= 15 is 0 Å². The predicted octanol–water partition coefficient (Wildman–Crippen LogP) is 9.91. The van der Waals surface area contributed by atoms with Gasteiger partial charge < -0.3 is 31.2 Å². The summed E-state index contributed by atoms with van der Waals surface area (Å²) in [5.41, 5.74) is 10.9. The standard InChI is InChI=1S/C25H22ClN3O4S.C23H20ClN3O3S.C2H3ClO/c1-14(30)21-5-6-22(34-21)17-9-18-10-19(33-25(18)20(26)11-17)13-28-24(32)8-4-16-3-7-23(27-12-16)29-15(2)31;1-13(28)19-4-5-20(31-19)15-8-16-9-17(30-23(16)18(24)10-15)12-27-22(29)7-3-14-2-6-21(25)26-11-14;1-2(3)4/h3-9,11-12,19H,10,13H2,1-2H3,(H,28,32)(H,27,29,31);2-8,10-11,17H,9,12H2,1H3,(H2,25,26)(H,27,29);1H3/b8-4+;7-3+;. The Balaban J connectivity index is 0.000000211. The summed E-state index contributed by atoms with van der Waals surface area (Å²) in [6.45, 7) is 6.50. The van der Waals surface area contributed by atoms with Crippen molar-refractivity contribution < 1.29 is 38.2 Å². The van der Waals surface area contributed by atoms with Crippen molar-refractivity contribution in [2.45, 2.75) is 52.7 Å². The fourth-order valence-electron chi connectivity index (χ4n) is 6.82. The lowest BCUT2D eigenvalue weighted by Gasteiger charge is -2.11. The van der Waals surface area contributed by atoms with E-state index in [-0.39, 0.29) is 46.7 Å². The minimum absolute atomic E-state index is 0.0370. The largest absolute Gasteiger partial charge is 0.486 e. The molecule has 0 bridgehead atoms. The van der Waals surface area contributed by atoms with Crippen molar-refractivity contribution in [1.29, 1.82) is 0 Å². The van der Waals surface area contributed by atoms with Crippen LogP contribution < -0.4 is 31.2 Å². The first-order valence-electron chi connectivity index (χ1n) is 21.1. The predicted molar refractivity (Wildman–Crippen MR) is 274 cm³/mol. The number of benzene rings is 2. The normalized spacial score (nSPS) is 14.2. The molecule has 0 saturated heterocycles. The van der Waals surface area contributed by atoms with E-state index in [1.807, 2.05) is 48.5 Å². The minimum Gasteiger partial charge on any atom is -0.486 e. The van der Waals surface area contributed by atoms with Gasteiger partial charge in [0, 0.05) is 72.1 Å². The van der Waals surface area contributed by atoms with Crippen LogP contribution in [0.3, 0.4) is 0 Å². The number of carbonyl (C=O) groups excluding carboxylic acids is 6. The van der Waals surface area contributed by atoms with E-state index in [9.17, 15) is 28.8 Å². The fourth-order valence-corrected chi connectivity index (χ4v) is 9.16. The molecule has 2 aliphatic heterocycles. The van der Waals surface area contributed by atoms with Crippen molar-refractivity contribution >= 4 is 116 Å². The zero-order valence-electron chi connectivity index (χ0n) is 37.6. The van der Waals surface area contributed by atoms with Crippen molar-refractivity contribution in [3.8, 4) is 32.4 Å². The van der Waals surface area contributed by atoms with Crippen LogP contribution in [0.1, 0.15) is 69.3 Å². The zero-order valence-corrected chi connectivity index (χ0v) is 41.5. The van der Waals surface area contributed by atoms with Crippen LogP contribution >= 0.6 is 57.5 Å². The molecule has 2 unspecified atom stereocenters. The maximum atomic E-state index is 12.2. The van der Waals surface area contributed by atoms with Crippen LogP contribution in [0.15, 0.2) is 97.3 Å². The quantitative estimate of drug-likeness (QED) is 0.0486. The maximum absolute atomic E-state index is 12.2. The lowest BCUT2D eigenvalue weighted by Crippen LogP contribution is -2.33. The molecule has 8 rings (SSSR count). The molecule has 5 N–H and O–H groups in total. The monoisotopic (exact) mass is 1030 g/mol. The summed E-state index contributed by atoms with van der Waals surface area (Å²) in [7, 11) is 0. The number of hydrogen-bond acceptors (Lipinski definition) is 13. The van der Waals surface area contributed by atoms with Crippen molar-refractivity contribution in [2.75, 3.05) is 24.1 Å². The molecule has 0 aliphatic carbocycles. The van der Waals surface area contributed by atoms with Gasteiger partial charge in [-0.05, 0) is 133 Å². The highest BCUT2D eigenvalue weighted by Gasteiger charge is 2.28. The number of carbonyl (C=O) groups is 6. The first kappa shape index (κ1) is 51.7. The van der Waals surface area contributed by atoms with Crippen molar-refractivity contribution in [3.63, 3.8) is 0 Å². The summed E-state index contributed by atoms with van der Waals surface area (Å²) in [5, 5.41) is 8.95. The van der Waals surface area contributed by atoms with Crippen LogP contribution in [0.5, 0.6) is 11.5 Å². The number of fused-ring (bicyclic) bond motifs is 2. The number of nitrogen functional groups attached to an aromatic ring is 1. The first-order chi connectivity index (χ1) is 32.9. The molecule has 0 radical (unpaired) electrons. The number of Topliss-reactive ketones (excluding diaryl/α,β-unsaturated/α-hetero) is 2. The molecule has 69 heavy (non-hydrogen) atoms. The Bertz CT molecular complexity index is 2950. The van der Waals surface area contributed by atoms with E-state index in [0.29, 0.717) is 68.9 Å². The highest BCUT2D eigenvalue weighted by molar-refractivity contribution is 7.17. The van der Waals surface area contributed by atoms with E-state index in [2.05, 4.69) is 37.5 Å². The zero-order chi connectivity index (χ0) is 49.8. The van der Waals surface area contributed by atoms with Gasteiger partial charge in [0.2, 0.25) is 23.0 Å². The summed E-state index contributed by atoms with van der Waals surface area (Å²) in [6.07, 6.45) is 10.2. The minimum atomic E-state index is -0.361. The third-order valence-corrected chi connectivity index (χ3v) is 13.0. The number of ketones is 2. The molecular weight excluding hydrogens is 983 g/mol. The average Bonchev–Trinajstić information content (AvgIpc) is 4.14. The lowest BCUT2D eigenvalue weighted by atomic mass is 10.1. The van der Waals surface area contributed by atoms with Crippen LogP contribution in [-0.2, 0) is 32.0 Å². The van der Waals surface area contributed by atoms with Gasteiger partial charge in [0.05, 0.1) is 32.9 Å². The molecule has 6 heterocycles. The molecular formula is C50H45Cl3N6O8S2. The Kier molecular flexibility index (Phi) is 18.0. The molecule has 0 spiro atoms. The number of aromatic nitrogens is 2. The second kappa shape index (κ2) is 24.0. The van der Waals surface area contributed by atoms with E-state index in [4.69, 9.17) is 38.4 Å². The Morgan fingerprint density at radius 1 is 0.667 bits per heavy atom. The molecule has 0 saturated carbocycles. The summed E-state index contributed by atoms with van der Waals surface area (Å²) in [4.78, 5) is 79.2. The molecule has 4 aromatic heterocycles. The highest BCUT2D eigenvalue weighted by atomic mass is 35.5. The second-order valence-electron chi connectivity index (χ2n) is 15.5. The summed E-state index contributed by atoms with van der Waals surface area (Å²) < 4.78 is 11.9. The van der Waals surface area contributed by atoms with Crippen molar-refractivity contribution in [1.82, 2.24) is 20.6 Å². The van der Waals surface area contributed by atoms with Crippen LogP contribution in [0.4, 0.5) is 11.6 Å². The number of nitrogens with two attached hydrogens (primary N) is 1. The molecule has 356 valence electrons. The molecule has 2 atom stereocenters. The van der Waals surface area contributed by atoms with Gasteiger partial charge >= 0.3 is 0 Å². The Labute approximate surface area is 420 Å². The van der Waals surface area contributed by atoms with Gasteiger partial charge in [0.25, 0.3) is 0 Å². The molecule has 14 nitrogen and oxygen atoms in total. The fraction of sp³-hybridized carbons (Fsp3) is 0.200. The molecule has 2 aromatic carbocycles. The second-order valence-corrected chi connectivity index (χ2v) is 19.0. The third kappa shape index (κ3) is 15.2. The van der Waals surface area contributed by atoms with E-state index < -0.39 is 0 Å². The van der Waals surface area contributed by atoms with Gasteiger partial charge in [0.1, 0.15) is 35.3 Å². The Morgan fingerprint density at radius 2 is 1.12 bits per heavy atom. The van der Waals surface area contributed by atoms with E-state index in [1.54, 1.807) is 62.7 Å². The maximum Gasteiger partial charge on any atom is 0.244 e. The van der Waals surface area contributed by atoms with E-state index in [1.165, 1.54) is 48.7 Å². The molecule has 3 amide bonds. The van der Waals surface area contributed by atoms with Gasteiger partial charge in [-0.2, -0.15) is 0 Å². The average molecular weight is 1030 g/mol.